The molecule has 0 aliphatic heterocycles. The predicted molar refractivity (Wildman–Crippen MR) is 111 cm³/mol. The smallest absolute Gasteiger partial charge is 0.337 e. The van der Waals surface area contributed by atoms with Crippen molar-refractivity contribution in [1.29, 1.82) is 0 Å². The molecule has 1 heterocycles. The number of ether oxygens (including phenoxy) is 1. The summed E-state index contributed by atoms with van der Waals surface area (Å²) in [7, 11) is -2.00. The number of aromatic nitrogens is 1. The van der Waals surface area contributed by atoms with Crippen LogP contribution in [0.15, 0.2) is 52.4 Å². The van der Waals surface area contributed by atoms with Gasteiger partial charge >= 0.3 is 5.97 Å². The van der Waals surface area contributed by atoms with E-state index in [9.17, 15) is 18.0 Å². The van der Waals surface area contributed by atoms with Crippen LogP contribution in [0.1, 0.15) is 34.6 Å². The van der Waals surface area contributed by atoms with Gasteiger partial charge in [-0.05, 0) is 49.4 Å². The molecule has 0 N–H and O–H groups in total. The molecule has 152 valence electrons. The van der Waals surface area contributed by atoms with Crippen molar-refractivity contribution < 1.29 is 22.7 Å². The highest BCUT2D eigenvalue weighted by atomic mass is 32.2. The van der Waals surface area contributed by atoms with E-state index in [1.807, 2.05) is 11.5 Å². The lowest BCUT2D eigenvalue weighted by Crippen LogP contribution is -2.16. The van der Waals surface area contributed by atoms with Gasteiger partial charge in [-0.25, -0.2) is 13.2 Å². The van der Waals surface area contributed by atoms with Crippen LogP contribution in [0.2, 0.25) is 0 Å². The van der Waals surface area contributed by atoms with E-state index < -0.39 is 21.7 Å². The highest BCUT2D eigenvalue weighted by Crippen LogP contribution is 2.20. The molecular formula is C20H20N2O5S2. The Balaban J connectivity index is 2.02. The molecule has 29 heavy (non-hydrogen) atoms. The number of esters is 1. The summed E-state index contributed by atoms with van der Waals surface area (Å²) in [5.41, 5.74) is 1.59. The summed E-state index contributed by atoms with van der Waals surface area (Å²) in [6, 6.07) is 11.0. The fourth-order valence-corrected chi connectivity index (χ4v) is 4.85. The predicted octanol–water partition coefficient (Wildman–Crippen LogP) is 3.04. The highest BCUT2D eigenvalue weighted by Gasteiger charge is 2.14. The maximum atomic E-state index is 12.6. The van der Waals surface area contributed by atoms with Crippen molar-refractivity contribution in [1.82, 2.24) is 4.57 Å². The second-order valence-corrected chi connectivity index (χ2v) is 9.44. The number of hydrogen-bond acceptors (Lipinski definition) is 6. The van der Waals surface area contributed by atoms with Gasteiger partial charge in [-0.15, -0.1) is 0 Å². The molecule has 7 nitrogen and oxygen atoms in total. The lowest BCUT2D eigenvalue weighted by atomic mass is 10.2. The minimum atomic E-state index is -3.32. The molecule has 3 rings (SSSR count). The van der Waals surface area contributed by atoms with E-state index in [1.54, 1.807) is 25.1 Å². The van der Waals surface area contributed by atoms with Crippen LogP contribution in [0, 0.1) is 0 Å². The van der Waals surface area contributed by atoms with Crippen molar-refractivity contribution in [2.24, 2.45) is 4.99 Å². The van der Waals surface area contributed by atoms with E-state index in [0.717, 1.165) is 10.2 Å². The van der Waals surface area contributed by atoms with Crippen LogP contribution in [0.4, 0.5) is 0 Å². The third-order valence-electron chi connectivity index (χ3n) is 4.46. The summed E-state index contributed by atoms with van der Waals surface area (Å²) in [6.45, 7) is 4.10. The number of thiazole rings is 1. The van der Waals surface area contributed by atoms with Crippen LogP contribution in [0.25, 0.3) is 10.2 Å². The van der Waals surface area contributed by atoms with Crippen molar-refractivity contribution in [3.63, 3.8) is 0 Å². The van der Waals surface area contributed by atoms with Crippen LogP contribution in [0.5, 0.6) is 0 Å². The van der Waals surface area contributed by atoms with Crippen molar-refractivity contribution in [2.75, 3.05) is 12.9 Å². The second-order valence-electron chi connectivity index (χ2n) is 6.15. The number of amides is 1. The number of rotatable bonds is 5. The number of fused-ring (bicyclic) bond motifs is 1. The molecular weight excluding hydrogens is 412 g/mol. The molecule has 1 aromatic heterocycles. The summed E-state index contributed by atoms with van der Waals surface area (Å²) >= 11 is 1.30. The van der Waals surface area contributed by atoms with E-state index >= 15 is 0 Å². The number of carbonyl (C=O) groups excluding carboxylic acids is 2. The molecule has 9 heteroatoms. The normalized spacial score (nSPS) is 12.3. The van der Waals surface area contributed by atoms with E-state index in [1.165, 1.54) is 42.7 Å². The van der Waals surface area contributed by atoms with Crippen molar-refractivity contribution in [3.05, 3.63) is 58.4 Å². The Morgan fingerprint density at radius 3 is 2.31 bits per heavy atom. The van der Waals surface area contributed by atoms with E-state index in [-0.39, 0.29) is 10.6 Å². The standard InChI is InChI=1S/C20H20N2O5S2/c1-4-22-16-11-8-14(19(24)27-3)12-17(16)28-20(22)21-18(23)13-6-9-15(10-7-13)29(25,26)5-2/h6-12H,4-5H2,1-3H3. The Hall–Kier alpha value is -2.78. The van der Waals surface area contributed by atoms with E-state index in [2.05, 4.69) is 4.99 Å². The van der Waals surface area contributed by atoms with Crippen LogP contribution >= 0.6 is 11.3 Å². The summed E-state index contributed by atoms with van der Waals surface area (Å²) in [5, 5.41) is 0. The van der Waals surface area contributed by atoms with Gasteiger partial charge in [-0.1, -0.05) is 18.3 Å². The summed E-state index contributed by atoms with van der Waals surface area (Å²) in [5.74, 6) is -0.899. The van der Waals surface area contributed by atoms with Crippen molar-refractivity contribution in [2.45, 2.75) is 25.3 Å². The van der Waals surface area contributed by atoms with Gasteiger partial charge in [-0.3, -0.25) is 4.79 Å². The summed E-state index contributed by atoms with van der Waals surface area (Å²) in [4.78, 5) is 29.3. The molecule has 0 aliphatic rings. The Morgan fingerprint density at radius 2 is 1.72 bits per heavy atom. The third-order valence-corrected chi connectivity index (χ3v) is 7.25. The first kappa shape index (κ1) is 20.9. The van der Waals surface area contributed by atoms with Crippen LogP contribution in [0.3, 0.4) is 0 Å². The first-order valence-corrected chi connectivity index (χ1v) is 11.4. The van der Waals surface area contributed by atoms with E-state index in [4.69, 9.17) is 4.74 Å². The molecule has 3 aromatic rings. The topological polar surface area (TPSA) is 94.8 Å². The average Bonchev–Trinajstić information content (AvgIpc) is 3.09. The second kappa shape index (κ2) is 8.30. The van der Waals surface area contributed by atoms with Gasteiger partial charge in [0.1, 0.15) is 0 Å². The van der Waals surface area contributed by atoms with Gasteiger partial charge in [0.15, 0.2) is 14.6 Å². The quantitative estimate of drug-likeness (QED) is 0.578. The lowest BCUT2D eigenvalue weighted by Gasteiger charge is -2.03. The largest absolute Gasteiger partial charge is 0.465 e. The first-order valence-electron chi connectivity index (χ1n) is 8.94. The molecule has 0 spiro atoms. The van der Waals surface area contributed by atoms with E-state index in [0.29, 0.717) is 22.5 Å². The first-order chi connectivity index (χ1) is 13.8. The number of sulfone groups is 1. The highest BCUT2D eigenvalue weighted by molar-refractivity contribution is 7.91. The summed E-state index contributed by atoms with van der Waals surface area (Å²) in [6.07, 6.45) is 0. The molecule has 0 fully saturated rings. The van der Waals surface area contributed by atoms with Crippen molar-refractivity contribution >= 4 is 43.3 Å². The van der Waals surface area contributed by atoms with Gasteiger partial charge in [0.2, 0.25) is 0 Å². The average molecular weight is 433 g/mol. The zero-order valence-corrected chi connectivity index (χ0v) is 17.8. The molecule has 2 aromatic carbocycles. The maximum Gasteiger partial charge on any atom is 0.337 e. The molecule has 1 amide bonds. The molecule has 0 unspecified atom stereocenters. The Kier molecular flexibility index (Phi) is 5.99. The van der Waals surface area contributed by atoms with Crippen LogP contribution < -0.4 is 4.80 Å². The molecule has 0 radical (unpaired) electrons. The Labute approximate surface area is 172 Å². The SMILES string of the molecule is CCn1c(=NC(=O)c2ccc(S(=O)(=O)CC)cc2)sc2cc(C(=O)OC)ccc21. The molecule has 0 saturated heterocycles. The Morgan fingerprint density at radius 1 is 1.07 bits per heavy atom. The number of carbonyl (C=O) groups is 2. The zero-order chi connectivity index (χ0) is 21.2. The molecule has 0 bridgehead atoms. The zero-order valence-electron chi connectivity index (χ0n) is 16.2. The van der Waals surface area contributed by atoms with Gasteiger partial charge < -0.3 is 9.30 Å². The van der Waals surface area contributed by atoms with Crippen LogP contribution in [-0.4, -0.2) is 37.7 Å². The number of methoxy groups -OCH3 is 1. The maximum absolute atomic E-state index is 12.6. The summed E-state index contributed by atoms with van der Waals surface area (Å²) < 4.78 is 31.3. The monoisotopic (exact) mass is 432 g/mol. The van der Waals surface area contributed by atoms with Crippen molar-refractivity contribution in [3.8, 4) is 0 Å². The van der Waals surface area contributed by atoms with Gasteiger partial charge in [0.05, 0.1) is 33.5 Å². The number of benzene rings is 2. The van der Waals surface area contributed by atoms with Gasteiger partial charge in [-0.2, -0.15) is 4.99 Å². The van der Waals surface area contributed by atoms with Crippen LogP contribution in [-0.2, 0) is 21.1 Å². The fourth-order valence-electron chi connectivity index (χ4n) is 2.83. The molecule has 0 aliphatic carbocycles. The Bertz CT molecular complexity index is 1250. The number of hydrogen-bond donors (Lipinski definition) is 0. The fraction of sp³-hybridized carbons (Fsp3) is 0.250. The van der Waals surface area contributed by atoms with Gasteiger partial charge in [0.25, 0.3) is 5.91 Å². The number of aryl methyl sites for hydroxylation is 1. The van der Waals surface area contributed by atoms with Gasteiger partial charge in [0, 0.05) is 12.1 Å². The third kappa shape index (κ3) is 4.15. The molecule has 0 atom stereocenters. The number of nitrogens with zero attached hydrogens (tertiary/aromatic N) is 2. The lowest BCUT2D eigenvalue weighted by molar-refractivity contribution is 0.0600. The molecule has 0 saturated carbocycles. The minimum absolute atomic E-state index is 0.00346. The minimum Gasteiger partial charge on any atom is -0.465 e.